The highest BCUT2D eigenvalue weighted by molar-refractivity contribution is 5.77. The van der Waals surface area contributed by atoms with Gasteiger partial charge < -0.3 is 100 Å². The van der Waals surface area contributed by atoms with Crippen LogP contribution in [0.15, 0.2) is 24.3 Å². The van der Waals surface area contributed by atoms with Crippen molar-refractivity contribution in [2.75, 3.05) is 26.4 Å². The van der Waals surface area contributed by atoms with Crippen LogP contribution in [0.4, 0.5) is 0 Å². The van der Waals surface area contributed by atoms with Crippen molar-refractivity contribution < 1.29 is 104 Å². The maximum Gasteiger partial charge on any atom is 0.364 e. The van der Waals surface area contributed by atoms with Gasteiger partial charge in [0.25, 0.3) is 5.79 Å². The van der Waals surface area contributed by atoms with E-state index in [1.807, 2.05) is 6.08 Å². The van der Waals surface area contributed by atoms with Crippen LogP contribution in [0, 0.1) is 0 Å². The van der Waals surface area contributed by atoms with Crippen molar-refractivity contribution in [3.05, 3.63) is 24.3 Å². The molecule has 0 aromatic rings. The molecule has 3 aliphatic rings. The Balaban J connectivity index is 1.63. The quantitative estimate of drug-likeness (QED) is 0.0285. The molecule has 14 N–H and O–H groups in total. The van der Waals surface area contributed by atoms with Crippen molar-refractivity contribution in [3.63, 3.8) is 0 Å². The number of carbonyl (C=O) groups is 3. The highest BCUT2D eigenvalue weighted by atomic mass is 16.8. The van der Waals surface area contributed by atoms with Crippen LogP contribution in [0.5, 0.6) is 0 Å². The van der Waals surface area contributed by atoms with Crippen LogP contribution in [-0.4, -0.2) is 215 Å². The molecule has 0 aliphatic carbocycles. The largest absolute Gasteiger partial charge is 0.477 e. The summed E-state index contributed by atoms with van der Waals surface area (Å²) in [6.45, 7) is 2.11. The molecular formula is C64H116N2O21. The smallest absolute Gasteiger partial charge is 0.364 e. The van der Waals surface area contributed by atoms with Crippen LogP contribution in [-0.2, 0) is 42.8 Å². The third-order valence-electron chi connectivity index (χ3n) is 16.9. The molecule has 23 nitrogen and oxygen atoms in total. The molecule has 0 radical (unpaired) electrons. The first kappa shape index (κ1) is 78.5. The molecule has 0 spiro atoms. The number of aliphatic hydroxyl groups is 11. The minimum absolute atomic E-state index is 0.196. The van der Waals surface area contributed by atoms with E-state index in [9.17, 15) is 75.7 Å². The van der Waals surface area contributed by atoms with Gasteiger partial charge in [0.05, 0.1) is 50.7 Å². The highest BCUT2D eigenvalue weighted by Crippen LogP contribution is 2.38. The monoisotopic (exact) mass is 1250 g/mol. The predicted octanol–water partition coefficient (Wildman–Crippen LogP) is 4.89. The summed E-state index contributed by atoms with van der Waals surface area (Å²) >= 11 is 0. The van der Waals surface area contributed by atoms with Gasteiger partial charge in [0, 0.05) is 19.8 Å². The van der Waals surface area contributed by atoms with Crippen molar-refractivity contribution in [3.8, 4) is 0 Å². The van der Waals surface area contributed by atoms with E-state index in [1.54, 1.807) is 6.08 Å². The van der Waals surface area contributed by atoms with E-state index in [2.05, 4.69) is 36.6 Å². The number of allylic oxidation sites excluding steroid dienone is 3. The number of unbranched alkanes of at least 4 members (excludes halogenated alkanes) is 27. The average molecular weight is 1250 g/mol. The van der Waals surface area contributed by atoms with Gasteiger partial charge in [0.15, 0.2) is 12.6 Å². The molecule has 87 heavy (non-hydrogen) atoms. The highest BCUT2D eigenvalue weighted by Gasteiger charge is 2.60. The number of aliphatic hydroxyl groups excluding tert-OH is 11. The number of rotatable bonds is 49. The fraction of sp³-hybridized carbons (Fsp3) is 0.891. The minimum Gasteiger partial charge on any atom is -0.477 e. The zero-order chi connectivity index (χ0) is 64.0. The van der Waals surface area contributed by atoms with Gasteiger partial charge >= 0.3 is 5.97 Å². The van der Waals surface area contributed by atoms with E-state index >= 15 is 0 Å². The second kappa shape index (κ2) is 45.5. The maximum atomic E-state index is 13.4. The van der Waals surface area contributed by atoms with Crippen LogP contribution >= 0.6 is 0 Å². The van der Waals surface area contributed by atoms with Crippen LogP contribution < -0.4 is 10.6 Å². The Morgan fingerprint density at radius 2 is 1.08 bits per heavy atom. The van der Waals surface area contributed by atoms with Gasteiger partial charge in [0.2, 0.25) is 11.8 Å². The zero-order valence-corrected chi connectivity index (χ0v) is 52.6. The lowest BCUT2D eigenvalue weighted by molar-refractivity contribution is -0.386. The van der Waals surface area contributed by atoms with Crippen LogP contribution in [0.2, 0.25) is 0 Å². The molecule has 18 atom stereocenters. The Hall–Kier alpha value is -2.79. The van der Waals surface area contributed by atoms with E-state index in [1.165, 1.54) is 109 Å². The number of amides is 2. The van der Waals surface area contributed by atoms with E-state index in [0.717, 1.165) is 77.6 Å². The van der Waals surface area contributed by atoms with Crippen LogP contribution in [0.3, 0.4) is 0 Å². The standard InChI is InChI=1S/C64H116N2O21/c1-4-6-8-10-12-14-16-18-20-21-22-23-24-26-28-30-32-34-36-38-51(74)66-45(46(71)37-35-33-31-29-27-25-19-17-15-13-11-9-7-5-2)43-82-61-56(78)55(77)58(50(42-69)84-61)85-62-57(79)60(54(76)49(41-68)83-62)87-64(63(80)81)39-47(72)52(65-44(3)70)59(86-64)53(75)48(73)40-67/h21-22,35,37,45-50,52-62,67-69,71-73,75-79H,4-20,23-34,36,38-43H2,1-3H3,(H,65,70)(H,66,74)(H,80,81)/b22-21-,37-35+. The topological polar surface area (TPSA) is 373 Å². The minimum atomic E-state index is -3.08. The number of hydrogen-bond donors (Lipinski definition) is 14. The van der Waals surface area contributed by atoms with Crippen LogP contribution in [0.25, 0.3) is 0 Å². The molecule has 0 aromatic carbocycles. The molecule has 0 aromatic heterocycles. The van der Waals surface area contributed by atoms with E-state index in [4.69, 9.17) is 28.4 Å². The molecule has 23 heteroatoms. The van der Waals surface area contributed by atoms with Gasteiger partial charge in [-0.25, -0.2) is 4.79 Å². The summed E-state index contributed by atoms with van der Waals surface area (Å²) in [5, 5.41) is 136. The van der Waals surface area contributed by atoms with Gasteiger partial charge in [-0.3, -0.25) is 9.59 Å². The molecule has 3 rings (SSSR count). The Kier molecular flexibility index (Phi) is 41.0. The zero-order valence-electron chi connectivity index (χ0n) is 52.6. The van der Waals surface area contributed by atoms with Crippen molar-refractivity contribution in [1.29, 1.82) is 0 Å². The SMILES string of the molecule is CCCCCCCCCC/C=C\CCCCCCCCCC(=O)NC(COC1OC(CO)C(OC2OC(CO)C(O)C(OC3(C(=O)O)CC(O)C(NC(C)=O)C(C(O)C(O)CO)O3)C2O)C(O)C1O)C(O)/C=C/CCCCCCCCCCCCCC. The van der Waals surface area contributed by atoms with E-state index in [-0.39, 0.29) is 12.3 Å². The van der Waals surface area contributed by atoms with Crippen molar-refractivity contribution in [2.45, 2.75) is 336 Å². The third kappa shape index (κ3) is 28.7. The second-order valence-corrected chi connectivity index (χ2v) is 24.3. The van der Waals surface area contributed by atoms with Crippen LogP contribution in [0.1, 0.15) is 226 Å². The fourth-order valence-electron chi connectivity index (χ4n) is 11.5. The lowest BCUT2D eigenvalue weighted by Gasteiger charge is -2.50. The predicted molar refractivity (Wildman–Crippen MR) is 324 cm³/mol. The average Bonchev–Trinajstić information content (AvgIpc) is 0.960. The maximum absolute atomic E-state index is 13.4. The summed E-state index contributed by atoms with van der Waals surface area (Å²) < 4.78 is 34.7. The van der Waals surface area contributed by atoms with E-state index < -0.39 is 155 Å². The summed E-state index contributed by atoms with van der Waals surface area (Å²) in [4.78, 5) is 38.5. The Labute approximate surface area is 517 Å². The summed E-state index contributed by atoms with van der Waals surface area (Å²) in [5.74, 6) is -6.15. The summed E-state index contributed by atoms with van der Waals surface area (Å²) in [6, 6.07) is -2.62. The van der Waals surface area contributed by atoms with E-state index in [0.29, 0.717) is 12.8 Å². The molecule has 18 unspecified atom stereocenters. The van der Waals surface area contributed by atoms with Gasteiger partial charge in [-0.05, 0) is 44.9 Å². The number of hydrogen-bond acceptors (Lipinski definition) is 20. The first-order valence-electron chi connectivity index (χ1n) is 33.2. The fourth-order valence-corrected chi connectivity index (χ4v) is 11.5. The molecule has 508 valence electrons. The van der Waals surface area contributed by atoms with Gasteiger partial charge in [-0.1, -0.05) is 186 Å². The number of aliphatic carboxylic acids is 1. The first-order chi connectivity index (χ1) is 41.9. The number of carboxylic acid groups (broad SMARTS) is 1. The second-order valence-electron chi connectivity index (χ2n) is 24.3. The van der Waals surface area contributed by atoms with Gasteiger partial charge in [0.1, 0.15) is 67.1 Å². The van der Waals surface area contributed by atoms with Crippen molar-refractivity contribution in [2.24, 2.45) is 0 Å². The van der Waals surface area contributed by atoms with Gasteiger partial charge in [-0.2, -0.15) is 0 Å². The number of nitrogens with one attached hydrogen (secondary N) is 2. The molecule has 3 aliphatic heterocycles. The molecule has 0 bridgehead atoms. The molecule has 3 saturated heterocycles. The summed E-state index contributed by atoms with van der Waals surface area (Å²) in [7, 11) is 0. The number of ether oxygens (including phenoxy) is 6. The molecule has 0 saturated carbocycles. The third-order valence-corrected chi connectivity index (χ3v) is 16.9. The molecule has 3 heterocycles. The summed E-state index contributed by atoms with van der Waals surface area (Å²) in [6.07, 6.45) is 13.7. The Morgan fingerprint density at radius 1 is 0.598 bits per heavy atom. The van der Waals surface area contributed by atoms with Crippen molar-refractivity contribution >= 4 is 17.8 Å². The molecule has 3 fully saturated rings. The molecule has 2 amide bonds. The Bertz CT molecular complexity index is 1870. The number of carboxylic acids is 1. The summed E-state index contributed by atoms with van der Waals surface area (Å²) in [5.41, 5.74) is 0. The lowest BCUT2D eigenvalue weighted by atomic mass is 9.88. The first-order valence-corrected chi connectivity index (χ1v) is 33.2. The van der Waals surface area contributed by atoms with Gasteiger partial charge in [-0.15, -0.1) is 0 Å². The molecular weight excluding hydrogens is 1130 g/mol. The van der Waals surface area contributed by atoms with Crippen molar-refractivity contribution in [1.82, 2.24) is 10.6 Å². The number of carbonyl (C=O) groups excluding carboxylic acids is 2. The lowest BCUT2D eigenvalue weighted by Crippen LogP contribution is -2.70. The normalized spacial score (nSPS) is 29.3. The Morgan fingerprint density at radius 3 is 1.56 bits per heavy atom.